The average molecular weight is 268 g/mol. The van der Waals surface area contributed by atoms with Gasteiger partial charge in [-0.25, -0.2) is 8.42 Å². The molecule has 0 aliphatic heterocycles. The lowest BCUT2D eigenvalue weighted by atomic mass is 9.94. The van der Waals surface area contributed by atoms with Crippen molar-refractivity contribution in [2.24, 2.45) is 11.8 Å². The van der Waals surface area contributed by atoms with E-state index in [1.54, 1.807) is 24.3 Å². The second kappa shape index (κ2) is 5.65. The molecule has 0 bridgehead atoms. The quantitative estimate of drug-likeness (QED) is 0.825. The average Bonchev–Trinajstić information content (AvgIpc) is 2.26. The monoisotopic (exact) mass is 268 g/mol. The summed E-state index contributed by atoms with van der Waals surface area (Å²) >= 11 is 0. The molecule has 0 aromatic heterocycles. The van der Waals surface area contributed by atoms with Gasteiger partial charge in [-0.05, 0) is 31.9 Å². The molecular formula is C14H20O3S. The molecule has 3 nitrogen and oxygen atoms in total. The first-order valence-electron chi connectivity index (χ1n) is 6.04. The van der Waals surface area contributed by atoms with Gasteiger partial charge in [0.15, 0.2) is 9.84 Å². The highest BCUT2D eigenvalue weighted by Gasteiger charge is 2.26. The van der Waals surface area contributed by atoms with Crippen LogP contribution in [0, 0.1) is 18.8 Å². The molecule has 100 valence electrons. The zero-order valence-electron chi connectivity index (χ0n) is 11.3. The van der Waals surface area contributed by atoms with Crippen LogP contribution in [0.5, 0.6) is 0 Å². The van der Waals surface area contributed by atoms with Gasteiger partial charge in [0, 0.05) is 5.92 Å². The standard InChI is InChI=1S/C14H20O3S/c1-10(2)14(12(4)15)9-18(16,17)13-7-5-11(3)6-8-13/h5-8,10,14H,9H2,1-4H3/t14-/m1/s1. The number of Topliss-reactive ketones (excluding diaryl/α,β-unsaturated/α-hetero) is 1. The molecule has 0 aliphatic rings. The van der Waals surface area contributed by atoms with Crippen LogP contribution in [-0.2, 0) is 14.6 Å². The second-order valence-electron chi connectivity index (χ2n) is 5.06. The molecule has 1 atom stereocenters. The summed E-state index contributed by atoms with van der Waals surface area (Å²) in [6, 6.07) is 6.74. The fourth-order valence-corrected chi connectivity index (χ4v) is 3.69. The Morgan fingerprint density at radius 1 is 1.17 bits per heavy atom. The maximum atomic E-state index is 12.2. The van der Waals surface area contributed by atoms with Crippen molar-refractivity contribution >= 4 is 15.6 Å². The SMILES string of the molecule is CC(=O)[C@H](CS(=O)(=O)c1ccc(C)cc1)C(C)C. The van der Waals surface area contributed by atoms with Gasteiger partial charge in [-0.1, -0.05) is 31.5 Å². The Morgan fingerprint density at radius 3 is 2.06 bits per heavy atom. The van der Waals surface area contributed by atoms with Crippen LogP contribution < -0.4 is 0 Å². The predicted molar refractivity (Wildman–Crippen MR) is 72.2 cm³/mol. The zero-order valence-corrected chi connectivity index (χ0v) is 12.1. The lowest BCUT2D eigenvalue weighted by molar-refractivity contribution is -0.121. The molecule has 0 spiro atoms. The number of carbonyl (C=O) groups is 1. The molecule has 0 heterocycles. The van der Waals surface area contributed by atoms with Crippen LogP contribution in [0.2, 0.25) is 0 Å². The molecule has 0 fully saturated rings. The van der Waals surface area contributed by atoms with Crippen molar-refractivity contribution in [3.05, 3.63) is 29.8 Å². The topological polar surface area (TPSA) is 51.2 Å². The van der Waals surface area contributed by atoms with Crippen molar-refractivity contribution in [2.45, 2.75) is 32.6 Å². The zero-order chi connectivity index (χ0) is 13.9. The van der Waals surface area contributed by atoms with Crippen molar-refractivity contribution < 1.29 is 13.2 Å². The largest absolute Gasteiger partial charge is 0.300 e. The first-order valence-corrected chi connectivity index (χ1v) is 7.69. The Bertz CT molecular complexity index is 512. The second-order valence-corrected chi connectivity index (χ2v) is 7.09. The van der Waals surface area contributed by atoms with E-state index in [1.165, 1.54) is 6.92 Å². The third kappa shape index (κ3) is 3.67. The molecule has 1 aromatic carbocycles. The number of hydrogen-bond acceptors (Lipinski definition) is 3. The Kier molecular flexibility index (Phi) is 4.68. The molecule has 1 rings (SSSR count). The Hall–Kier alpha value is -1.16. The lowest BCUT2D eigenvalue weighted by Gasteiger charge is -2.17. The van der Waals surface area contributed by atoms with E-state index in [0.717, 1.165) is 5.56 Å². The molecule has 0 saturated carbocycles. The van der Waals surface area contributed by atoms with Crippen molar-refractivity contribution in [3.63, 3.8) is 0 Å². The Labute approximate surface area is 109 Å². The van der Waals surface area contributed by atoms with E-state index in [9.17, 15) is 13.2 Å². The molecular weight excluding hydrogens is 248 g/mol. The summed E-state index contributed by atoms with van der Waals surface area (Å²) in [7, 11) is -3.39. The van der Waals surface area contributed by atoms with Gasteiger partial charge in [0.2, 0.25) is 0 Å². The molecule has 18 heavy (non-hydrogen) atoms. The fraction of sp³-hybridized carbons (Fsp3) is 0.500. The number of benzene rings is 1. The van der Waals surface area contributed by atoms with E-state index in [0.29, 0.717) is 4.90 Å². The molecule has 0 amide bonds. The van der Waals surface area contributed by atoms with Gasteiger partial charge in [0.1, 0.15) is 5.78 Å². The third-order valence-electron chi connectivity index (χ3n) is 3.11. The number of hydrogen-bond donors (Lipinski definition) is 0. The molecule has 0 unspecified atom stereocenters. The van der Waals surface area contributed by atoms with Crippen molar-refractivity contribution in [1.82, 2.24) is 0 Å². The highest BCUT2D eigenvalue weighted by Crippen LogP contribution is 2.20. The summed E-state index contributed by atoms with van der Waals surface area (Å²) in [6.45, 7) is 7.10. The van der Waals surface area contributed by atoms with Gasteiger partial charge in [-0.3, -0.25) is 4.79 Å². The van der Waals surface area contributed by atoms with E-state index in [1.807, 2.05) is 20.8 Å². The van der Waals surface area contributed by atoms with E-state index < -0.39 is 15.8 Å². The van der Waals surface area contributed by atoms with Crippen LogP contribution in [0.3, 0.4) is 0 Å². The van der Waals surface area contributed by atoms with E-state index in [4.69, 9.17) is 0 Å². The first-order chi connectivity index (χ1) is 8.24. The fourth-order valence-electron chi connectivity index (χ4n) is 1.86. The van der Waals surface area contributed by atoms with Crippen LogP contribution in [0.25, 0.3) is 0 Å². The summed E-state index contributed by atoms with van der Waals surface area (Å²) in [6.07, 6.45) is 0. The summed E-state index contributed by atoms with van der Waals surface area (Å²) < 4.78 is 24.4. The summed E-state index contributed by atoms with van der Waals surface area (Å²) in [5.74, 6) is -0.581. The molecule has 0 radical (unpaired) electrons. The van der Waals surface area contributed by atoms with Crippen LogP contribution in [0.4, 0.5) is 0 Å². The summed E-state index contributed by atoms with van der Waals surface area (Å²) in [5, 5.41) is 0. The van der Waals surface area contributed by atoms with Gasteiger partial charge in [-0.2, -0.15) is 0 Å². The van der Waals surface area contributed by atoms with E-state index in [-0.39, 0.29) is 17.5 Å². The van der Waals surface area contributed by atoms with Crippen LogP contribution in [0.15, 0.2) is 29.2 Å². The molecule has 0 aliphatic carbocycles. The maximum Gasteiger partial charge on any atom is 0.179 e. The van der Waals surface area contributed by atoms with Crippen LogP contribution in [-0.4, -0.2) is 20.0 Å². The predicted octanol–water partition coefficient (Wildman–Crippen LogP) is 2.63. The number of rotatable bonds is 5. The third-order valence-corrected chi connectivity index (χ3v) is 4.89. The number of aryl methyl sites for hydroxylation is 1. The summed E-state index contributed by atoms with van der Waals surface area (Å²) in [5.41, 5.74) is 1.01. The molecule has 0 N–H and O–H groups in total. The normalized spacial score (nSPS) is 13.6. The molecule has 0 saturated heterocycles. The van der Waals surface area contributed by atoms with Crippen LogP contribution >= 0.6 is 0 Å². The van der Waals surface area contributed by atoms with Gasteiger partial charge >= 0.3 is 0 Å². The van der Waals surface area contributed by atoms with Crippen LogP contribution in [0.1, 0.15) is 26.3 Å². The smallest absolute Gasteiger partial charge is 0.179 e. The van der Waals surface area contributed by atoms with E-state index >= 15 is 0 Å². The minimum atomic E-state index is -3.39. The molecule has 4 heteroatoms. The number of ketones is 1. The number of sulfone groups is 1. The Balaban J connectivity index is 3.01. The van der Waals surface area contributed by atoms with Gasteiger partial charge < -0.3 is 0 Å². The lowest BCUT2D eigenvalue weighted by Crippen LogP contribution is -2.26. The van der Waals surface area contributed by atoms with Gasteiger partial charge in [0.25, 0.3) is 0 Å². The highest BCUT2D eigenvalue weighted by atomic mass is 32.2. The Morgan fingerprint density at radius 2 is 1.67 bits per heavy atom. The van der Waals surface area contributed by atoms with E-state index in [2.05, 4.69) is 0 Å². The van der Waals surface area contributed by atoms with Gasteiger partial charge in [-0.15, -0.1) is 0 Å². The van der Waals surface area contributed by atoms with Gasteiger partial charge in [0.05, 0.1) is 10.6 Å². The van der Waals surface area contributed by atoms with Crippen molar-refractivity contribution in [1.29, 1.82) is 0 Å². The summed E-state index contributed by atoms with van der Waals surface area (Å²) in [4.78, 5) is 11.8. The molecule has 1 aromatic rings. The number of carbonyl (C=O) groups excluding carboxylic acids is 1. The highest BCUT2D eigenvalue weighted by molar-refractivity contribution is 7.91. The minimum Gasteiger partial charge on any atom is -0.300 e. The first kappa shape index (κ1) is 14.9. The van der Waals surface area contributed by atoms with Crippen molar-refractivity contribution in [2.75, 3.05) is 5.75 Å². The minimum absolute atomic E-state index is 0.0303. The van der Waals surface area contributed by atoms with Crippen molar-refractivity contribution in [3.8, 4) is 0 Å². The maximum absolute atomic E-state index is 12.2.